The van der Waals surface area contributed by atoms with Crippen LogP contribution in [0.5, 0.6) is 11.5 Å². The van der Waals surface area contributed by atoms with Crippen molar-refractivity contribution in [3.63, 3.8) is 0 Å². The van der Waals surface area contributed by atoms with Gasteiger partial charge in [-0.1, -0.05) is 17.7 Å². The summed E-state index contributed by atoms with van der Waals surface area (Å²) < 4.78 is 56.0. The van der Waals surface area contributed by atoms with Gasteiger partial charge in [0, 0.05) is 12.6 Å². The molecule has 32 heavy (non-hydrogen) atoms. The average molecular weight is 466 g/mol. The number of rotatable bonds is 4. The van der Waals surface area contributed by atoms with Crippen LogP contribution in [0.4, 0.5) is 5.69 Å². The molecule has 0 aromatic heterocycles. The van der Waals surface area contributed by atoms with Crippen molar-refractivity contribution < 1.29 is 32.1 Å². The summed E-state index contributed by atoms with van der Waals surface area (Å²) in [4.78, 5) is 0.242. The van der Waals surface area contributed by atoms with Crippen molar-refractivity contribution in [3.8, 4) is 11.5 Å². The van der Waals surface area contributed by atoms with E-state index in [4.69, 9.17) is 23.7 Å². The van der Waals surface area contributed by atoms with Crippen LogP contribution in [0, 0.1) is 6.92 Å². The van der Waals surface area contributed by atoms with Crippen LogP contribution in [0.25, 0.3) is 0 Å². The summed E-state index contributed by atoms with van der Waals surface area (Å²) in [6.07, 6.45) is 0. The number of hydrogen-bond acceptors (Lipinski definition) is 7. The van der Waals surface area contributed by atoms with Crippen molar-refractivity contribution in [1.29, 1.82) is 0 Å². The molecule has 0 spiro atoms. The maximum atomic E-state index is 13.3. The first-order valence-corrected chi connectivity index (χ1v) is 12.2. The lowest BCUT2D eigenvalue weighted by molar-refractivity contribution is 0.00708. The number of benzene rings is 2. The van der Waals surface area contributed by atoms with Crippen molar-refractivity contribution in [3.05, 3.63) is 48.0 Å². The minimum absolute atomic E-state index is 0.242. The van der Waals surface area contributed by atoms with Gasteiger partial charge < -0.3 is 23.7 Å². The molecule has 0 saturated heterocycles. The maximum Gasteiger partial charge on any atom is 0.264 e. The zero-order valence-electron chi connectivity index (χ0n) is 18.6. The highest BCUT2D eigenvalue weighted by molar-refractivity contribution is 7.92. The van der Waals surface area contributed by atoms with Gasteiger partial charge in [-0.05, 0) is 38.1 Å². The van der Waals surface area contributed by atoms with Crippen LogP contribution in [-0.2, 0) is 24.2 Å². The first kappa shape index (κ1) is 24.3. The van der Waals surface area contributed by atoms with E-state index in [-0.39, 0.29) is 11.4 Å². The lowest BCUT2D eigenvalue weighted by Gasteiger charge is -2.24. The summed E-state index contributed by atoms with van der Waals surface area (Å²) in [6, 6.07) is 11.9. The van der Waals surface area contributed by atoms with Crippen LogP contribution in [0.15, 0.2) is 47.4 Å². The molecule has 2 aromatic carbocycles. The van der Waals surface area contributed by atoms with Crippen LogP contribution in [0.1, 0.15) is 12.5 Å². The molecule has 2 aromatic rings. The molecule has 176 valence electrons. The van der Waals surface area contributed by atoms with E-state index in [1.54, 1.807) is 49.4 Å². The highest BCUT2D eigenvalue weighted by atomic mass is 32.2. The van der Waals surface area contributed by atoms with Crippen molar-refractivity contribution in [2.45, 2.75) is 18.7 Å². The van der Waals surface area contributed by atoms with Gasteiger partial charge in [-0.3, -0.25) is 4.31 Å². The molecule has 0 fully saturated rings. The quantitative estimate of drug-likeness (QED) is 0.686. The van der Waals surface area contributed by atoms with Gasteiger partial charge in [-0.25, -0.2) is 8.42 Å². The Morgan fingerprint density at radius 2 is 1.28 bits per heavy atom. The molecule has 0 amide bonds. The molecular weight excluding hydrogens is 434 g/mol. The zero-order chi connectivity index (χ0) is 22.8. The largest absolute Gasteiger partial charge is 0.487 e. The Kier molecular flexibility index (Phi) is 9.16. The molecule has 0 saturated carbocycles. The van der Waals surface area contributed by atoms with Crippen LogP contribution >= 0.6 is 0 Å². The van der Waals surface area contributed by atoms with Crippen LogP contribution in [0.2, 0.25) is 0 Å². The molecule has 9 heteroatoms. The van der Waals surface area contributed by atoms with Gasteiger partial charge in [-0.2, -0.15) is 0 Å². The van der Waals surface area contributed by atoms with E-state index >= 15 is 0 Å². The van der Waals surface area contributed by atoms with Gasteiger partial charge in [0.25, 0.3) is 10.0 Å². The minimum atomic E-state index is -3.72. The first-order chi connectivity index (χ1) is 15.5. The lowest BCUT2D eigenvalue weighted by Crippen LogP contribution is -2.30. The van der Waals surface area contributed by atoms with E-state index in [1.165, 1.54) is 4.31 Å². The molecule has 0 N–H and O–H groups in total. The molecule has 1 aliphatic rings. The van der Waals surface area contributed by atoms with Gasteiger partial charge in [-0.15, -0.1) is 0 Å². The predicted molar refractivity (Wildman–Crippen MR) is 121 cm³/mol. The number of fused-ring (bicyclic) bond motifs is 1. The van der Waals surface area contributed by atoms with Gasteiger partial charge in [0.05, 0.1) is 50.2 Å². The topological polar surface area (TPSA) is 83.5 Å². The lowest BCUT2D eigenvalue weighted by atomic mass is 10.2. The molecule has 8 nitrogen and oxygen atoms in total. The molecule has 1 aliphatic heterocycles. The van der Waals surface area contributed by atoms with Crippen molar-refractivity contribution in [2.24, 2.45) is 0 Å². The van der Waals surface area contributed by atoms with Crippen LogP contribution < -0.4 is 13.8 Å². The highest BCUT2D eigenvalue weighted by Crippen LogP contribution is 2.34. The van der Waals surface area contributed by atoms with Crippen molar-refractivity contribution in [1.82, 2.24) is 0 Å². The Hall–Kier alpha value is -2.33. The predicted octanol–water partition coefficient (Wildman–Crippen LogP) is 3.03. The SMILES string of the molecule is CCN(c1ccc2c(c1)OCCOCCOCCOCCO2)S(=O)(=O)c1ccc(C)cc1. The Labute approximate surface area is 190 Å². The second kappa shape index (κ2) is 12.1. The van der Waals surface area contributed by atoms with Gasteiger partial charge >= 0.3 is 0 Å². The smallest absolute Gasteiger partial charge is 0.264 e. The summed E-state index contributed by atoms with van der Waals surface area (Å²) in [6.45, 7) is 7.34. The summed E-state index contributed by atoms with van der Waals surface area (Å²) >= 11 is 0. The van der Waals surface area contributed by atoms with E-state index in [0.717, 1.165) is 5.56 Å². The zero-order valence-corrected chi connectivity index (χ0v) is 19.4. The Morgan fingerprint density at radius 3 is 1.84 bits per heavy atom. The van der Waals surface area contributed by atoms with E-state index in [0.29, 0.717) is 70.0 Å². The third-order valence-electron chi connectivity index (χ3n) is 4.83. The van der Waals surface area contributed by atoms with E-state index in [2.05, 4.69) is 0 Å². The molecule has 0 aliphatic carbocycles. The monoisotopic (exact) mass is 465 g/mol. The third kappa shape index (κ3) is 6.59. The fraction of sp³-hybridized carbons (Fsp3) is 0.478. The van der Waals surface area contributed by atoms with E-state index in [1.807, 2.05) is 6.92 Å². The first-order valence-electron chi connectivity index (χ1n) is 10.7. The number of ether oxygens (including phenoxy) is 5. The van der Waals surface area contributed by atoms with Crippen LogP contribution in [-0.4, -0.2) is 67.8 Å². The molecule has 0 bridgehead atoms. The van der Waals surface area contributed by atoms with Crippen molar-refractivity contribution >= 4 is 15.7 Å². The molecule has 0 radical (unpaired) electrons. The van der Waals surface area contributed by atoms with Crippen LogP contribution in [0.3, 0.4) is 0 Å². The normalized spacial score (nSPS) is 16.6. The third-order valence-corrected chi connectivity index (χ3v) is 6.74. The summed E-state index contributed by atoms with van der Waals surface area (Å²) in [5, 5.41) is 0. The number of aryl methyl sites for hydroxylation is 1. The fourth-order valence-electron chi connectivity index (χ4n) is 3.18. The van der Waals surface area contributed by atoms with E-state index < -0.39 is 10.0 Å². The number of anilines is 1. The number of sulfonamides is 1. The molecular formula is C23H31NO7S. The highest BCUT2D eigenvalue weighted by Gasteiger charge is 2.24. The number of hydrogen-bond donors (Lipinski definition) is 0. The van der Waals surface area contributed by atoms with Gasteiger partial charge in [0.1, 0.15) is 13.2 Å². The molecule has 0 atom stereocenters. The van der Waals surface area contributed by atoms with E-state index in [9.17, 15) is 8.42 Å². The Balaban J connectivity index is 1.83. The van der Waals surface area contributed by atoms with Crippen molar-refractivity contribution in [2.75, 3.05) is 63.7 Å². The molecule has 1 heterocycles. The minimum Gasteiger partial charge on any atom is -0.487 e. The maximum absolute atomic E-state index is 13.3. The van der Waals surface area contributed by atoms with Gasteiger partial charge in [0.15, 0.2) is 11.5 Å². The Bertz CT molecular complexity index is 947. The number of nitrogens with zero attached hydrogens (tertiary/aromatic N) is 1. The van der Waals surface area contributed by atoms with Gasteiger partial charge in [0.2, 0.25) is 0 Å². The Morgan fingerprint density at radius 1 is 0.750 bits per heavy atom. The second-order valence-corrected chi connectivity index (χ2v) is 9.01. The summed E-state index contributed by atoms with van der Waals surface area (Å²) in [5.74, 6) is 0.974. The average Bonchev–Trinajstić information content (AvgIpc) is 2.79. The summed E-state index contributed by atoms with van der Waals surface area (Å²) in [7, 11) is -3.72. The fourth-order valence-corrected chi connectivity index (χ4v) is 4.64. The molecule has 3 rings (SSSR count). The molecule has 0 unspecified atom stereocenters. The second-order valence-electron chi connectivity index (χ2n) is 7.15. The summed E-state index contributed by atoms with van der Waals surface area (Å²) in [5.41, 5.74) is 1.50. The standard InChI is InChI=1S/C23H31NO7S/c1-3-24(32(25,26)21-7-4-19(2)5-8-21)20-6-9-22-23(18-20)31-17-15-29-13-11-27-10-12-28-14-16-30-22/h4-9,18H,3,10-17H2,1-2H3.